The van der Waals surface area contributed by atoms with E-state index in [-0.39, 0.29) is 0 Å². The van der Waals surface area contributed by atoms with Gasteiger partial charge in [0.2, 0.25) is 0 Å². The van der Waals surface area contributed by atoms with E-state index in [1.54, 1.807) is 0 Å². The second kappa shape index (κ2) is 38.5. The molecule has 0 spiro atoms. The highest BCUT2D eigenvalue weighted by Crippen LogP contribution is 2.27. The molecule has 0 aromatic carbocycles. The van der Waals surface area contributed by atoms with Crippen LogP contribution < -0.4 is 0 Å². The van der Waals surface area contributed by atoms with Gasteiger partial charge < -0.3 is 18.9 Å². The highest BCUT2D eigenvalue weighted by molar-refractivity contribution is 7.80. The van der Waals surface area contributed by atoms with E-state index in [0.717, 1.165) is 75.0 Å². The third kappa shape index (κ3) is 31.1. The average molecular weight is 874 g/mol. The predicted octanol–water partition coefficient (Wildman–Crippen LogP) is 16.9. The minimum Gasteiger partial charge on any atom is -0.486 e. The van der Waals surface area contributed by atoms with Crippen molar-refractivity contribution in [3.63, 3.8) is 0 Å². The maximum atomic E-state index is 6.46. The summed E-state index contributed by atoms with van der Waals surface area (Å²) in [4.78, 5) is 0. The van der Waals surface area contributed by atoms with E-state index in [2.05, 4.69) is 55.4 Å². The summed E-state index contributed by atoms with van der Waals surface area (Å²) >= 11 is 23.4. The zero-order valence-corrected chi connectivity index (χ0v) is 42.0. The molecule has 0 aromatic rings. The Balaban J connectivity index is 5.95. The third-order valence-electron chi connectivity index (χ3n) is 12.3. The molecule has 0 bridgehead atoms. The Bertz CT molecular complexity index is 846. The molecule has 4 unspecified atom stereocenters. The summed E-state index contributed by atoms with van der Waals surface area (Å²) in [5.74, 6) is 3.01. The molecule has 0 heterocycles. The van der Waals surface area contributed by atoms with Crippen LogP contribution in [-0.2, 0) is 18.9 Å². The van der Waals surface area contributed by atoms with Crippen LogP contribution in [0, 0.1) is 29.1 Å². The van der Waals surface area contributed by atoms with E-state index in [1.807, 2.05) is 0 Å². The molecule has 4 atom stereocenters. The van der Waals surface area contributed by atoms with Gasteiger partial charge in [0, 0.05) is 25.7 Å². The van der Waals surface area contributed by atoms with Crippen molar-refractivity contribution < 1.29 is 18.9 Å². The molecule has 0 aromatic heterocycles. The smallest absolute Gasteiger partial charge is 0.159 e. The topological polar surface area (TPSA) is 36.9 Å². The molecule has 0 rings (SSSR count). The van der Waals surface area contributed by atoms with Crippen LogP contribution in [0.2, 0.25) is 0 Å². The fraction of sp³-hybridized carbons (Fsp3) is 0.918. The molecule has 0 saturated heterocycles. The number of thiocarbonyl (C=S) groups is 4. The molecular weight excluding hydrogens is 781 g/mol. The number of unbranched alkanes of at least 4 members (excludes halogenated alkanes) is 4. The van der Waals surface area contributed by atoms with Crippen molar-refractivity contribution in [3.8, 4) is 0 Å². The van der Waals surface area contributed by atoms with Crippen LogP contribution in [0.15, 0.2) is 0 Å². The lowest BCUT2D eigenvalue weighted by Gasteiger charge is -2.33. The van der Waals surface area contributed by atoms with Gasteiger partial charge in [-0.3, -0.25) is 0 Å². The molecular formula is C49H92O4S4. The zero-order valence-electron chi connectivity index (χ0n) is 38.7. The van der Waals surface area contributed by atoms with Gasteiger partial charge in [0.1, 0.15) is 31.8 Å². The molecule has 0 fully saturated rings. The molecule has 0 radical (unpaired) electrons. The summed E-state index contributed by atoms with van der Waals surface area (Å²) in [6.07, 6.45) is 32.2. The van der Waals surface area contributed by atoms with E-state index < -0.39 is 5.41 Å². The molecule has 0 saturated carbocycles. The molecule has 8 heteroatoms. The normalized spacial score (nSPS) is 14.6. The molecule has 0 aliphatic carbocycles. The van der Waals surface area contributed by atoms with Crippen molar-refractivity contribution in [3.05, 3.63) is 0 Å². The monoisotopic (exact) mass is 873 g/mol. The van der Waals surface area contributed by atoms with Crippen molar-refractivity contribution in [1.29, 1.82) is 0 Å². The van der Waals surface area contributed by atoms with E-state index >= 15 is 0 Å². The van der Waals surface area contributed by atoms with Gasteiger partial charge in [-0.1, -0.05) is 158 Å². The fourth-order valence-electron chi connectivity index (χ4n) is 7.79. The van der Waals surface area contributed by atoms with Crippen molar-refractivity contribution in [1.82, 2.24) is 0 Å². The highest BCUT2D eigenvalue weighted by atomic mass is 32.1. The van der Waals surface area contributed by atoms with Gasteiger partial charge in [0.25, 0.3) is 0 Å². The van der Waals surface area contributed by atoms with Crippen LogP contribution in [0.5, 0.6) is 0 Å². The lowest BCUT2D eigenvalue weighted by atomic mass is 9.91. The summed E-state index contributed by atoms with van der Waals surface area (Å²) in [7, 11) is 0. The number of hydrogen-bond acceptors (Lipinski definition) is 8. The second-order valence-electron chi connectivity index (χ2n) is 17.4. The van der Waals surface area contributed by atoms with Gasteiger partial charge in [-0.2, -0.15) is 0 Å². The Hall–Kier alpha value is -0.440. The molecule has 0 aliphatic heterocycles. The first-order valence-corrected chi connectivity index (χ1v) is 25.8. The maximum absolute atomic E-state index is 6.46. The molecule has 0 amide bonds. The molecule has 336 valence electrons. The van der Waals surface area contributed by atoms with Crippen LogP contribution in [0.4, 0.5) is 0 Å². The van der Waals surface area contributed by atoms with E-state index in [9.17, 15) is 0 Å². The Labute approximate surface area is 376 Å². The molecule has 0 N–H and O–H groups in total. The average Bonchev–Trinajstić information content (AvgIpc) is 3.22. The predicted molar refractivity (Wildman–Crippen MR) is 265 cm³/mol. The van der Waals surface area contributed by atoms with Crippen LogP contribution in [0.1, 0.15) is 235 Å². The van der Waals surface area contributed by atoms with Gasteiger partial charge >= 0.3 is 0 Å². The standard InChI is InChI=1S/C49H92O4S4/c1-9-17-25-41(13-5)29-21-33-45(54)50-37-49(38-51-46(55)34-22-30-42(14-6)26-18-10-2,39-52-47(56)35-23-31-43(15-7)27-19-11-3)40-53-48(57)36-24-32-44(16-8)28-20-12-4/h41-44H,9-40H2,1-8H3. The molecule has 0 aliphatic rings. The number of hydrogen-bond donors (Lipinski definition) is 0. The minimum absolute atomic E-state index is 0.311. The first-order valence-electron chi connectivity index (χ1n) is 24.2. The van der Waals surface area contributed by atoms with Crippen LogP contribution in [0.3, 0.4) is 0 Å². The Morgan fingerprint density at radius 2 is 0.526 bits per heavy atom. The van der Waals surface area contributed by atoms with Crippen molar-refractivity contribution in [2.24, 2.45) is 29.1 Å². The van der Waals surface area contributed by atoms with Gasteiger partial charge in [-0.05, 0) is 124 Å². The lowest BCUT2D eigenvalue weighted by molar-refractivity contribution is -0.0163. The SMILES string of the molecule is CCCCC(CC)CCCC(=S)OCC(COC(=S)CCCC(CC)CCCC)(COC(=S)CCCC(CC)CCCC)COC(=S)CCCC(CC)CCCC. The fourth-order valence-corrected chi connectivity index (χ4v) is 8.61. The summed E-state index contributed by atoms with van der Waals surface area (Å²) < 4.78 is 25.8. The van der Waals surface area contributed by atoms with Crippen LogP contribution in [-0.4, -0.2) is 46.6 Å². The van der Waals surface area contributed by atoms with Gasteiger partial charge in [-0.15, -0.1) is 0 Å². The number of rotatable bonds is 40. The minimum atomic E-state index is -0.678. The number of ether oxygens (including phenoxy) is 4. The van der Waals surface area contributed by atoms with Crippen molar-refractivity contribution >= 4 is 69.1 Å². The Morgan fingerprint density at radius 3 is 0.702 bits per heavy atom. The lowest BCUT2D eigenvalue weighted by Crippen LogP contribution is -2.43. The van der Waals surface area contributed by atoms with E-state index in [0.29, 0.717) is 46.6 Å². The molecule has 4 nitrogen and oxygen atoms in total. The zero-order chi connectivity index (χ0) is 42.6. The van der Waals surface area contributed by atoms with Crippen LogP contribution >= 0.6 is 48.9 Å². The largest absolute Gasteiger partial charge is 0.486 e. The Morgan fingerprint density at radius 1 is 0.333 bits per heavy atom. The third-order valence-corrected chi connectivity index (χ3v) is 13.6. The summed E-state index contributed by atoms with van der Waals surface area (Å²) in [5, 5.41) is 2.58. The van der Waals surface area contributed by atoms with Gasteiger partial charge in [0.15, 0.2) is 20.2 Å². The highest BCUT2D eigenvalue weighted by Gasteiger charge is 2.37. The quantitative estimate of drug-likeness (QED) is 0.0564. The first-order chi connectivity index (χ1) is 27.5. The Kier molecular flexibility index (Phi) is 38.2. The first kappa shape index (κ1) is 56.6. The van der Waals surface area contributed by atoms with Gasteiger partial charge in [0.05, 0.1) is 0 Å². The van der Waals surface area contributed by atoms with Crippen molar-refractivity contribution in [2.75, 3.05) is 26.4 Å². The van der Waals surface area contributed by atoms with E-state index in [4.69, 9.17) is 67.8 Å². The second-order valence-corrected chi connectivity index (χ2v) is 19.2. The van der Waals surface area contributed by atoms with Crippen molar-refractivity contribution in [2.45, 2.75) is 235 Å². The van der Waals surface area contributed by atoms with Gasteiger partial charge in [-0.25, -0.2) is 0 Å². The molecule has 57 heavy (non-hydrogen) atoms. The summed E-state index contributed by atoms with van der Waals surface area (Å²) in [6.45, 7) is 19.6. The summed E-state index contributed by atoms with van der Waals surface area (Å²) in [6, 6.07) is 0. The maximum Gasteiger partial charge on any atom is 0.159 e. The van der Waals surface area contributed by atoms with E-state index in [1.165, 1.54) is 128 Å². The van der Waals surface area contributed by atoms with Crippen LogP contribution in [0.25, 0.3) is 0 Å². The summed E-state index contributed by atoms with van der Waals surface area (Å²) in [5.41, 5.74) is -0.678.